The number of hydrogen-bond acceptors (Lipinski definition) is 2. The fourth-order valence-corrected chi connectivity index (χ4v) is 0.147. The van der Waals surface area contributed by atoms with E-state index in [1.54, 1.807) is 0 Å². The third kappa shape index (κ3) is 3.08. The molecule has 0 fully saturated rings. The summed E-state index contributed by atoms with van der Waals surface area (Å²) in [4.78, 5) is 19.1. The Morgan fingerprint density at radius 1 is 1.50 bits per heavy atom. The molecule has 0 aliphatic rings. The van der Waals surface area contributed by atoms with E-state index in [9.17, 15) is 19.1 Å². The molecule has 2 amide bonds. The Labute approximate surface area is 44.3 Å². The van der Waals surface area contributed by atoms with Crippen LogP contribution in [-0.4, -0.2) is 18.7 Å². The van der Waals surface area contributed by atoms with Crippen molar-refractivity contribution >= 4 is 12.0 Å². The number of alkyl halides is 1. The number of carbonyl (C=O) groups is 2. The van der Waals surface area contributed by atoms with Gasteiger partial charge in [0.1, 0.15) is 0 Å². The van der Waals surface area contributed by atoms with Crippen LogP contribution in [0.3, 0.4) is 0 Å². The number of imide groups is 1. The van der Waals surface area contributed by atoms with Crippen molar-refractivity contribution in [3.05, 3.63) is 0 Å². The first-order chi connectivity index (χ1) is 3.66. The van der Waals surface area contributed by atoms with Gasteiger partial charge in [0.25, 0.3) is 5.91 Å². The molecule has 0 bridgehead atoms. The second-order valence-electron chi connectivity index (χ2n) is 0.969. The van der Waals surface area contributed by atoms with Gasteiger partial charge in [-0.25, -0.2) is 14.3 Å². The largest absolute Gasteiger partial charge is 0.457 e. The number of halogens is 1. The zero-order valence-corrected chi connectivity index (χ0v) is 3.81. The summed E-state index contributed by atoms with van der Waals surface area (Å²) in [6, 6.07) is 0. The fraction of sp³-hybridized carbons (Fsp3) is 0.333. The summed E-state index contributed by atoms with van der Waals surface area (Å²) >= 11 is 0. The van der Waals surface area contributed by atoms with Crippen molar-refractivity contribution in [2.75, 3.05) is 6.67 Å². The second kappa shape index (κ2) is 2.95. The molecule has 5 heteroatoms. The van der Waals surface area contributed by atoms with Gasteiger partial charge in [-0.15, -0.1) is 0 Å². The van der Waals surface area contributed by atoms with Gasteiger partial charge in [0.15, 0.2) is 6.67 Å². The van der Waals surface area contributed by atoms with Crippen molar-refractivity contribution in [1.29, 1.82) is 0 Å². The van der Waals surface area contributed by atoms with E-state index in [2.05, 4.69) is 0 Å². The third-order valence-corrected chi connectivity index (χ3v) is 0.363. The minimum Gasteiger partial charge on any atom is -0.271 e. The molecule has 0 aliphatic heterocycles. The lowest BCUT2D eigenvalue weighted by Gasteiger charge is -1.87. The molecular weight excluding hydrogens is 117 g/mol. The van der Waals surface area contributed by atoms with Gasteiger partial charge in [-0.3, -0.25) is 10.1 Å². The molecular formula is C3H3FNO3. The number of nitrogens with one attached hydrogen (secondary N) is 1. The number of amides is 2. The first-order valence-electron chi connectivity index (χ1n) is 1.73. The van der Waals surface area contributed by atoms with Gasteiger partial charge in [-0.2, -0.15) is 0 Å². The maximum absolute atomic E-state index is 11.0. The highest BCUT2D eigenvalue weighted by Gasteiger charge is 2.03. The molecule has 8 heavy (non-hydrogen) atoms. The molecule has 1 N–H and O–H groups in total. The predicted molar refractivity (Wildman–Crippen MR) is 20.2 cm³/mol. The minimum atomic E-state index is -1.78. The Balaban J connectivity index is 3.40. The van der Waals surface area contributed by atoms with Gasteiger partial charge < -0.3 is 0 Å². The van der Waals surface area contributed by atoms with Crippen molar-refractivity contribution in [3.63, 3.8) is 0 Å². The van der Waals surface area contributed by atoms with Gasteiger partial charge in [0.05, 0.1) is 0 Å². The molecule has 0 heterocycles. The molecule has 0 aromatic heterocycles. The highest BCUT2D eigenvalue weighted by Crippen LogP contribution is 1.67. The van der Waals surface area contributed by atoms with Crippen molar-refractivity contribution in [2.24, 2.45) is 0 Å². The standard InChI is InChI=1S/C3H3FNO3/c4-1-2(6)5-3(7)8/h1H2,(H,5,6). The quantitative estimate of drug-likeness (QED) is 0.512. The van der Waals surface area contributed by atoms with Crippen molar-refractivity contribution in [3.8, 4) is 0 Å². The van der Waals surface area contributed by atoms with E-state index < -0.39 is 18.7 Å². The average Bonchev–Trinajstić information content (AvgIpc) is 1.65. The zero-order valence-electron chi connectivity index (χ0n) is 3.81. The monoisotopic (exact) mass is 120 g/mol. The second-order valence-corrected chi connectivity index (χ2v) is 0.969. The van der Waals surface area contributed by atoms with Crippen LogP contribution in [0.15, 0.2) is 0 Å². The first kappa shape index (κ1) is 6.87. The Bertz CT molecular complexity index is 113. The molecule has 45 valence electrons. The lowest BCUT2D eigenvalue weighted by atomic mass is 10.7. The van der Waals surface area contributed by atoms with Gasteiger partial charge >= 0.3 is 6.09 Å². The molecule has 4 nitrogen and oxygen atoms in total. The molecule has 0 aromatic carbocycles. The Morgan fingerprint density at radius 2 is 2.00 bits per heavy atom. The highest BCUT2D eigenvalue weighted by molar-refractivity contribution is 5.91. The Hall–Kier alpha value is -1.13. The van der Waals surface area contributed by atoms with Crippen LogP contribution in [0.25, 0.3) is 0 Å². The summed E-state index contributed by atoms with van der Waals surface area (Å²) in [5, 5.41) is 10.5. The van der Waals surface area contributed by atoms with Gasteiger partial charge in [0.2, 0.25) is 0 Å². The number of carbonyl (C=O) groups excluding carboxylic acids is 2. The summed E-state index contributed by atoms with van der Waals surface area (Å²) in [6.45, 7) is -1.34. The van der Waals surface area contributed by atoms with E-state index in [1.807, 2.05) is 0 Å². The van der Waals surface area contributed by atoms with Gasteiger partial charge in [0, 0.05) is 0 Å². The SMILES string of the molecule is [O]C(=O)NC(=O)CF. The van der Waals surface area contributed by atoms with Crippen LogP contribution in [0.1, 0.15) is 0 Å². The lowest BCUT2D eigenvalue weighted by molar-refractivity contribution is -0.121. The van der Waals surface area contributed by atoms with E-state index in [0.717, 1.165) is 0 Å². The predicted octanol–water partition coefficient (Wildman–Crippen LogP) is -0.377. The van der Waals surface area contributed by atoms with Crippen molar-refractivity contribution in [1.82, 2.24) is 5.32 Å². The molecule has 1 radical (unpaired) electrons. The third-order valence-electron chi connectivity index (χ3n) is 0.363. The van der Waals surface area contributed by atoms with E-state index >= 15 is 0 Å². The van der Waals surface area contributed by atoms with Crippen LogP contribution in [-0.2, 0) is 9.90 Å². The molecule has 0 unspecified atom stereocenters. The molecule has 0 saturated carbocycles. The van der Waals surface area contributed by atoms with E-state index in [-0.39, 0.29) is 0 Å². The highest BCUT2D eigenvalue weighted by atomic mass is 19.1. The van der Waals surface area contributed by atoms with E-state index in [1.165, 1.54) is 5.32 Å². The summed E-state index contributed by atoms with van der Waals surface area (Å²) < 4.78 is 11.0. The molecule has 0 rings (SSSR count). The van der Waals surface area contributed by atoms with Crippen LogP contribution in [0.4, 0.5) is 9.18 Å². The molecule has 0 aromatic rings. The lowest BCUT2D eigenvalue weighted by Crippen LogP contribution is -2.28. The summed E-state index contributed by atoms with van der Waals surface area (Å²) in [6.07, 6.45) is -1.78. The Kier molecular flexibility index (Phi) is 2.53. The number of rotatable bonds is 1. The first-order valence-corrected chi connectivity index (χ1v) is 1.73. The average molecular weight is 120 g/mol. The molecule has 0 spiro atoms. The maximum atomic E-state index is 11.0. The van der Waals surface area contributed by atoms with Crippen molar-refractivity contribution in [2.45, 2.75) is 0 Å². The fourth-order valence-electron chi connectivity index (χ4n) is 0.147. The smallest absolute Gasteiger partial charge is 0.271 e. The van der Waals surface area contributed by atoms with E-state index in [0.29, 0.717) is 0 Å². The molecule has 0 saturated heterocycles. The minimum absolute atomic E-state index is 1.18. The summed E-state index contributed by atoms with van der Waals surface area (Å²) in [5.41, 5.74) is 0. The normalized spacial score (nSPS) is 8.12. The summed E-state index contributed by atoms with van der Waals surface area (Å²) in [5.74, 6) is -1.20. The number of hydrogen-bond donors (Lipinski definition) is 1. The maximum Gasteiger partial charge on any atom is 0.457 e. The van der Waals surface area contributed by atoms with Crippen LogP contribution >= 0.6 is 0 Å². The summed E-state index contributed by atoms with van der Waals surface area (Å²) in [7, 11) is 0. The zero-order chi connectivity index (χ0) is 6.57. The van der Waals surface area contributed by atoms with Crippen LogP contribution in [0.2, 0.25) is 0 Å². The van der Waals surface area contributed by atoms with Gasteiger partial charge in [-0.05, 0) is 0 Å². The van der Waals surface area contributed by atoms with Crippen LogP contribution < -0.4 is 5.32 Å². The Morgan fingerprint density at radius 3 is 2.12 bits per heavy atom. The van der Waals surface area contributed by atoms with Crippen molar-refractivity contribution < 1.29 is 19.1 Å². The van der Waals surface area contributed by atoms with Crippen LogP contribution in [0, 0.1) is 0 Å². The van der Waals surface area contributed by atoms with Gasteiger partial charge in [-0.1, -0.05) is 0 Å². The van der Waals surface area contributed by atoms with E-state index in [4.69, 9.17) is 0 Å². The molecule has 0 aliphatic carbocycles. The molecule has 0 atom stereocenters. The topological polar surface area (TPSA) is 66.1 Å². The van der Waals surface area contributed by atoms with Crippen LogP contribution in [0.5, 0.6) is 0 Å².